The van der Waals surface area contributed by atoms with Gasteiger partial charge in [0, 0.05) is 109 Å². The van der Waals surface area contributed by atoms with Gasteiger partial charge in [-0.2, -0.15) is 79.0 Å². The summed E-state index contributed by atoms with van der Waals surface area (Å²) in [5.41, 5.74) is 19.0. The molecule has 3 fully saturated rings. The van der Waals surface area contributed by atoms with Crippen LogP contribution in [0.15, 0.2) is 91.4 Å². The molecule has 0 saturated carbocycles. The lowest BCUT2D eigenvalue weighted by Gasteiger charge is -2.39. The molecule has 9 rings (SSSR count). The first-order chi connectivity index (χ1) is 42.0. The number of hydrogen-bond donors (Lipinski definition) is 7. The van der Waals surface area contributed by atoms with E-state index in [2.05, 4.69) is 43.1 Å². The summed E-state index contributed by atoms with van der Waals surface area (Å²) < 4.78 is 229. The quantitative estimate of drug-likeness (QED) is 0.0701. The Kier molecular flexibility index (Phi) is 25.5. The lowest BCUT2D eigenvalue weighted by atomic mass is 9.94. The molecule has 2 amide bonds. The van der Waals surface area contributed by atoms with Crippen LogP contribution in [0.25, 0.3) is 32.7 Å². The molecule has 16 nitrogen and oxygen atoms in total. The number of nitrogens with one attached hydrogen (secondary N) is 2. The molecule has 0 aliphatic carbocycles. The van der Waals surface area contributed by atoms with Crippen molar-refractivity contribution in [3.05, 3.63) is 108 Å². The monoisotopic (exact) mass is 1350 g/mol. The number of halogens is 18. The van der Waals surface area contributed by atoms with Gasteiger partial charge in [0.05, 0.1) is 33.2 Å². The van der Waals surface area contributed by atoms with Crippen LogP contribution in [-0.4, -0.2) is 132 Å². The summed E-state index contributed by atoms with van der Waals surface area (Å²) in [6, 6.07) is 7.33. The Labute approximate surface area is 521 Å². The molecule has 3 saturated heterocycles. The Balaban J connectivity index is 0.000000278. The Morgan fingerprint density at radius 3 is 0.978 bits per heavy atom. The highest BCUT2D eigenvalue weighted by molar-refractivity contribution is 5.96. The molecule has 516 valence electrons. The Bertz CT molecular complexity index is 3330. The second-order valence-corrected chi connectivity index (χ2v) is 22.4. The highest BCUT2D eigenvalue weighted by Gasteiger charge is 2.46. The van der Waals surface area contributed by atoms with Gasteiger partial charge in [-0.15, -0.1) is 0 Å². The number of aromatic nitrogens is 3. The number of carboxylic acids is 1. The summed E-state index contributed by atoms with van der Waals surface area (Å²) in [5, 5.41) is 13.4. The molecule has 34 heteroatoms. The van der Waals surface area contributed by atoms with Crippen LogP contribution >= 0.6 is 0 Å². The number of benzene rings is 3. The van der Waals surface area contributed by atoms with Crippen LogP contribution in [0.1, 0.15) is 71.6 Å². The van der Waals surface area contributed by atoms with E-state index in [1.165, 1.54) is 61.1 Å². The number of fused-ring (bicyclic) bond motifs is 3. The fraction of sp³-hybridized carbons (Fsp3) is 0.492. The number of anilines is 3. The van der Waals surface area contributed by atoms with Crippen molar-refractivity contribution in [3.8, 4) is 0 Å². The minimum atomic E-state index is -4.86. The van der Waals surface area contributed by atoms with Gasteiger partial charge in [-0.3, -0.25) is 29.3 Å². The number of rotatable bonds is 8. The van der Waals surface area contributed by atoms with Gasteiger partial charge in [0.25, 0.3) is 0 Å². The van der Waals surface area contributed by atoms with Crippen molar-refractivity contribution in [2.75, 3.05) is 54.0 Å². The molecule has 3 aliphatic rings. The molecule has 0 spiro atoms. The average molecular weight is 1350 g/mol. The third kappa shape index (κ3) is 20.1. The van der Waals surface area contributed by atoms with E-state index in [9.17, 15) is 93.4 Å². The first kappa shape index (κ1) is 77.7. The molecule has 6 heterocycles. The average Bonchev–Trinajstić information content (AvgIpc) is 0.784. The van der Waals surface area contributed by atoms with Crippen LogP contribution in [0.2, 0.25) is 0 Å². The maximum absolute atomic E-state index is 13.3. The van der Waals surface area contributed by atoms with E-state index in [0.29, 0.717) is 55.2 Å². The summed E-state index contributed by atoms with van der Waals surface area (Å²) in [6.45, 7) is 8.45. The van der Waals surface area contributed by atoms with Crippen LogP contribution < -0.4 is 48.3 Å². The van der Waals surface area contributed by atoms with Crippen molar-refractivity contribution in [1.82, 2.24) is 25.6 Å². The van der Waals surface area contributed by atoms with Gasteiger partial charge in [-0.05, 0) is 110 Å². The van der Waals surface area contributed by atoms with Crippen molar-refractivity contribution in [1.29, 1.82) is 0 Å². The first-order valence-corrected chi connectivity index (χ1v) is 27.6. The van der Waals surface area contributed by atoms with E-state index in [1.54, 1.807) is 21.9 Å². The zero-order valence-electron chi connectivity index (χ0n) is 48.2. The second-order valence-electron chi connectivity index (χ2n) is 22.4. The predicted molar refractivity (Wildman–Crippen MR) is 313 cm³/mol. The van der Waals surface area contributed by atoms with E-state index in [-0.39, 0.29) is 73.1 Å². The molecule has 9 atom stereocenters. The zero-order chi connectivity index (χ0) is 68.1. The molecule has 93 heavy (non-hydrogen) atoms. The van der Waals surface area contributed by atoms with Gasteiger partial charge in [-0.1, -0.05) is 35.6 Å². The maximum Gasteiger partial charge on any atom is 0.418 e. The minimum absolute atomic E-state index is 0. The van der Waals surface area contributed by atoms with E-state index < -0.39 is 102 Å². The third-order valence-electron chi connectivity index (χ3n) is 14.8. The van der Waals surface area contributed by atoms with E-state index in [1.807, 2.05) is 13.8 Å². The lowest BCUT2D eigenvalue weighted by molar-refractivity contribution is -0.175. The second kappa shape index (κ2) is 30.6. The van der Waals surface area contributed by atoms with Gasteiger partial charge in [0.1, 0.15) is 0 Å². The van der Waals surface area contributed by atoms with Crippen LogP contribution in [-0.2, 0) is 32.9 Å². The SMILES string of the molecule is C.C.C[C@H]1C[C@@H](N)CN(c2ccc(C(F)(F)F)c3ncccc23)C1.C[C@H]1C[C@@H](NC(=O)C(N)C(F)(F)F)CN(c2ccc(C(F)(F)F)c3ncccc23)C1.C[C@H]1C[C@@H](NC(=O)C(N)C(F)(F)F)CN(c2ccc(C(F)(F)F)c3ncccc23)C1.NC(C(=O)O)C(F)(F)F. The molecular formula is C59H70F18N12O4. The predicted octanol–water partition coefficient (Wildman–Crippen LogP) is 11.6. The fourth-order valence-corrected chi connectivity index (χ4v) is 10.9. The molecule has 3 aliphatic heterocycles. The van der Waals surface area contributed by atoms with Gasteiger partial charge < -0.3 is 53.4 Å². The molecule has 3 aromatic carbocycles. The number of nitrogens with two attached hydrogens (primary N) is 4. The summed E-state index contributed by atoms with van der Waals surface area (Å²) >= 11 is 0. The fourth-order valence-electron chi connectivity index (χ4n) is 10.9. The smallest absolute Gasteiger partial charge is 0.418 e. The maximum atomic E-state index is 13.3. The molecule has 3 aromatic heterocycles. The Morgan fingerprint density at radius 2 is 0.731 bits per heavy atom. The summed E-state index contributed by atoms with van der Waals surface area (Å²) in [5.74, 6) is -4.37. The highest BCUT2D eigenvalue weighted by Crippen LogP contribution is 2.42. The van der Waals surface area contributed by atoms with Crippen LogP contribution in [0.5, 0.6) is 0 Å². The van der Waals surface area contributed by atoms with Gasteiger partial charge in [0.15, 0.2) is 18.1 Å². The van der Waals surface area contributed by atoms with E-state index >= 15 is 0 Å². The number of hydrogen-bond acceptors (Lipinski definition) is 13. The molecule has 3 unspecified atom stereocenters. The number of carbonyl (C=O) groups is 3. The van der Waals surface area contributed by atoms with Crippen LogP contribution in [0.4, 0.5) is 96.1 Å². The number of piperidine rings is 3. The van der Waals surface area contributed by atoms with Crippen LogP contribution in [0.3, 0.4) is 0 Å². The number of pyridine rings is 3. The molecular weight excluding hydrogens is 1280 g/mol. The van der Waals surface area contributed by atoms with Crippen molar-refractivity contribution < 1.29 is 98.5 Å². The van der Waals surface area contributed by atoms with Gasteiger partial charge in [-0.25, -0.2) is 0 Å². The topological polar surface area (TPSA) is 248 Å². The number of alkyl halides is 18. The van der Waals surface area contributed by atoms with E-state index in [0.717, 1.165) is 36.9 Å². The molecule has 0 radical (unpaired) electrons. The van der Waals surface area contributed by atoms with Crippen molar-refractivity contribution in [3.63, 3.8) is 0 Å². The normalized spacial score (nSPS) is 20.8. The number of aliphatic carboxylic acids is 1. The van der Waals surface area contributed by atoms with Crippen molar-refractivity contribution >= 4 is 67.6 Å². The number of carboxylic acid groups (broad SMARTS) is 1. The van der Waals surface area contributed by atoms with E-state index in [4.69, 9.17) is 22.3 Å². The van der Waals surface area contributed by atoms with Gasteiger partial charge >= 0.3 is 43.0 Å². The number of amides is 2. The number of carbonyl (C=O) groups excluding carboxylic acids is 2. The first-order valence-electron chi connectivity index (χ1n) is 27.6. The molecule has 11 N–H and O–H groups in total. The third-order valence-corrected chi connectivity index (χ3v) is 14.8. The molecule has 6 aromatic rings. The number of nitrogens with zero attached hydrogens (tertiary/aromatic N) is 6. The Hall–Kier alpha value is -7.72. The molecule has 0 bridgehead atoms. The Morgan fingerprint density at radius 1 is 0.452 bits per heavy atom. The summed E-state index contributed by atoms with van der Waals surface area (Å²) in [6.07, 6.45) is -22.4. The van der Waals surface area contributed by atoms with Crippen LogP contribution in [0, 0.1) is 17.8 Å². The van der Waals surface area contributed by atoms with Crippen molar-refractivity contribution in [2.45, 2.75) is 128 Å². The lowest BCUT2D eigenvalue weighted by Crippen LogP contribution is -2.57. The van der Waals surface area contributed by atoms with Crippen molar-refractivity contribution in [2.24, 2.45) is 40.7 Å². The minimum Gasteiger partial charge on any atom is -0.480 e. The highest BCUT2D eigenvalue weighted by atomic mass is 19.4. The summed E-state index contributed by atoms with van der Waals surface area (Å²) in [4.78, 5) is 50.5. The largest absolute Gasteiger partial charge is 0.480 e. The zero-order valence-corrected chi connectivity index (χ0v) is 48.2. The van der Waals surface area contributed by atoms with Gasteiger partial charge in [0.2, 0.25) is 11.8 Å². The standard InChI is InChI=1S/2C19H20F6N4O.C16H18F3N3.C3H4F3NO2.2CH4/c2*1-10-7-11(28-17(30)16(26)19(23,24)25)9-29(8-10)14-5-4-13(18(20,21)22)15-12(14)3-2-6-27-15;1-10-7-11(20)9-22(8-10)14-5-4-13(16(17,18)19)15-12(14)3-2-6-21-15;4-3(5,6)1(7)2(8)9;;/h2*2-6,10-11,16H,7-9,26H2,1H3,(H,28,30);2-6,10-11H,7-9,20H2,1H3;1H,7H2,(H,8,9);2*1H4/t2*10-,11+,16?;10-,11+;;;/m000.../s1. The summed E-state index contributed by atoms with van der Waals surface area (Å²) in [7, 11) is 0.